The van der Waals surface area contributed by atoms with Gasteiger partial charge in [-0.1, -0.05) is 6.07 Å². The number of halogens is 4. The second-order valence-corrected chi connectivity index (χ2v) is 2.96. The lowest BCUT2D eigenvalue weighted by molar-refractivity contribution is -0.141. The van der Waals surface area contributed by atoms with Gasteiger partial charge in [0, 0.05) is 6.20 Å². The number of aromatic nitrogens is 3. The van der Waals surface area contributed by atoms with Crippen molar-refractivity contribution in [2.45, 2.75) is 6.18 Å². The van der Waals surface area contributed by atoms with E-state index in [0.717, 1.165) is 23.0 Å². The zero-order valence-corrected chi connectivity index (χ0v) is 7.74. The van der Waals surface area contributed by atoms with E-state index in [-0.39, 0.29) is 5.82 Å². The highest BCUT2D eigenvalue weighted by molar-refractivity contribution is 5.22. The van der Waals surface area contributed by atoms with E-state index < -0.39 is 17.8 Å². The van der Waals surface area contributed by atoms with E-state index in [1.807, 2.05) is 0 Å². The molecule has 0 unspecified atom stereocenters. The van der Waals surface area contributed by atoms with Gasteiger partial charge in [0.1, 0.15) is 0 Å². The predicted octanol–water partition coefficient (Wildman–Crippen LogP) is 2.43. The van der Waals surface area contributed by atoms with Gasteiger partial charge in [-0.25, -0.2) is 9.67 Å². The van der Waals surface area contributed by atoms with Crippen molar-refractivity contribution in [3.63, 3.8) is 0 Å². The van der Waals surface area contributed by atoms with Crippen molar-refractivity contribution in [1.29, 1.82) is 0 Å². The molecule has 7 heteroatoms. The van der Waals surface area contributed by atoms with Crippen molar-refractivity contribution < 1.29 is 17.6 Å². The van der Waals surface area contributed by atoms with E-state index >= 15 is 0 Å². The summed E-state index contributed by atoms with van der Waals surface area (Å²) in [7, 11) is 0. The number of hydrogen-bond acceptors (Lipinski definition) is 2. The summed E-state index contributed by atoms with van der Waals surface area (Å²) in [4.78, 5) is 3.41. The molecule has 0 aromatic carbocycles. The fourth-order valence-corrected chi connectivity index (χ4v) is 1.13. The summed E-state index contributed by atoms with van der Waals surface area (Å²) in [6.45, 7) is 0. The number of hydrogen-bond donors (Lipinski definition) is 0. The Morgan fingerprint density at radius 2 is 1.88 bits per heavy atom. The lowest BCUT2D eigenvalue weighted by Crippen LogP contribution is -2.08. The van der Waals surface area contributed by atoms with Gasteiger partial charge in [-0.2, -0.15) is 22.7 Å². The lowest BCUT2D eigenvalue weighted by atomic mass is 10.4. The van der Waals surface area contributed by atoms with Gasteiger partial charge in [0.15, 0.2) is 11.5 Å². The fourth-order valence-electron chi connectivity index (χ4n) is 1.13. The molecule has 2 heterocycles. The molecular weight excluding hydrogens is 226 g/mol. The maximum Gasteiger partial charge on any atom is 0.435 e. The molecule has 0 fully saturated rings. The predicted molar refractivity (Wildman–Crippen MR) is 46.3 cm³/mol. The molecule has 0 amide bonds. The summed E-state index contributed by atoms with van der Waals surface area (Å²) in [5, 5.41) is 3.26. The standard InChI is InChI=1S/C9H5F4N3/c10-7-2-1-3-8(14-7)16-5-4-6(15-16)9(11,12)13/h1-5H. The van der Waals surface area contributed by atoms with Crippen LogP contribution in [0.2, 0.25) is 0 Å². The van der Waals surface area contributed by atoms with Crippen LogP contribution in [0.15, 0.2) is 30.5 Å². The summed E-state index contributed by atoms with van der Waals surface area (Å²) < 4.78 is 50.3. The van der Waals surface area contributed by atoms with Crippen LogP contribution in [0, 0.1) is 5.95 Å². The topological polar surface area (TPSA) is 30.7 Å². The molecule has 84 valence electrons. The molecule has 0 aliphatic carbocycles. The SMILES string of the molecule is Fc1cccc(-n2ccc(C(F)(F)F)n2)n1. The first-order valence-corrected chi connectivity index (χ1v) is 4.22. The molecule has 0 saturated carbocycles. The van der Waals surface area contributed by atoms with Gasteiger partial charge >= 0.3 is 6.18 Å². The van der Waals surface area contributed by atoms with E-state index in [4.69, 9.17) is 0 Å². The van der Waals surface area contributed by atoms with Gasteiger partial charge in [-0.15, -0.1) is 0 Å². The molecule has 3 nitrogen and oxygen atoms in total. The third-order valence-corrected chi connectivity index (χ3v) is 1.81. The van der Waals surface area contributed by atoms with Crippen molar-refractivity contribution in [1.82, 2.24) is 14.8 Å². The molecule has 0 aliphatic heterocycles. The van der Waals surface area contributed by atoms with Gasteiger partial charge in [0.25, 0.3) is 0 Å². The maximum absolute atomic E-state index is 12.7. The Morgan fingerprint density at radius 3 is 2.44 bits per heavy atom. The Morgan fingerprint density at radius 1 is 1.12 bits per heavy atom. The zero-order valence-electron chi connectivity index (χ0n) is 7.74. The molecule has 0 bridgehead atoms. The fraction of sp³-hybridized carbons (Fsp3) is 0.111. The average Bonchev–Trinajstić information content (AvgIpc) is 2.65. The minimum atomic E-state index is -4.52. The van der Waals surface area contributed by atoms with E-state index in [1.54, 1.807) is 0 Å². The molecule has 2 rings (SSSR count). The van der Waals surface area contributed by atoms with E-state index in [1.165, 1.54) is 12.1 Å². The monoisotopic (exact) mass is 231 g/mol. The van der Waals surface area contributed by atoms with Crippen LogP contribution in [-0.2, 0) is 6.18 Å². The molecule has 2 aromatic heterocycles. The second kappa shape index (κ2) is 3.58. The van der Waals surface area contributed by atoms with Gasteiger partial charge < -0.3 is 0 Å². The van der Waals surface area contributed by atoms with Crippen LogP contribution < -0.4 is 0 Å². The summed E-state index contributed by atoms with van der Waals surface area (Å²) in [5.74, 6) is -0.781. The van der Waals surface area contributed by atoms with Gasteiger partial charge in [-0.05, 0) is 18.2 Å². The highest BCUT2D eigenvalue weighted by Gasteiger charge is 2.33. The first-order chi connectivity index (χ1) is 7.47. The van der Waals surface area contributed by atoms with Crippen molar-refractivity contribution >= 4 is 0 Å². The number of rotatable bonds is 1. The number of pyridine rings is 1. The van der Waals surface area contributed by atoms with Gasteiger partial charge in [0.05, 0.1) is 0 Å². The first kappa shape index (κ1) is 10.6. The minimum Gasteiger partial charge on any atom is -0.222 e. The quantitative estimate of drug-likeness (QED) is 0.557. The second-order valence-electron chi connectivity index (χ2n) is 2.96. The summed E-state index contributed by atoms with van der Waals surface area (Å²) >= 11 is 0. The smallest absolute Gasteiger partial charge is 0.222 e. The Labute approximate surface area is 87.3 Å². The normalized spacial score (nSPS) is 11.8. The van der Waals surface area contributed by atoms with Crippen molar-refractivity contribution in [3.8, 4) is 5.82 Å². The number of alkyl halides is 3. The van der Waals surface area contributed by atoms with Crippen LogP contribution in [0.4, 0.5) is 17.6 Å². The van der Waals surface area contributed by atoms with Crippen LogP contribution in [0.1, 0.15) is 5.69 Å². The molecule has 0 spiro atoms. The molecular formula is C9H5F4N3. The Balaban J connectivity index is 2.39. The summed E-state index contributed by atoms with van der Waals surface area (Å²) in [6, 6.07) is 4.59. The number of nitrogens with zero attached hydrogens (tertiary/aromatic N) is 3. The van der Waals surface area contributed by atoms with E-state index in [9.17, 15) is 17.6 Å². The Bertz CT molecular complexity index is 503. The third kappa shape index (κ3) is 2.02. The molecule has 0 aliphatic rings. The summed E-state index contributed by atoms with van der Waals surface area (Å²) in [5.41, 5.74) is -1.04. The average molecular weight is 231 g/mol. The van der Waals surface area contributed by atoms with Crippen molar-refractivity contribution in [3.05, 3.63) is 42.1 Å². The van der Waals surface area contributed by atoms with Crippen molar-refractivity contribution in [2.75, 3.05) is 0 Å². The molecule has 0 atom stereocenters. The van der Waals surface area contributed by atoms with Gasteiger partial charge in [-0.3, -0.25) is 0 Å². The highest BCUT2D eigenvalue weighted by Crippen LogP contribution is 2.27. The Kier molecular flexibility index (Phi) is 2.37. The zero-order chi connectivity index (χ0) is 11.8. The van der Waals surface area contributed by atoms with Crippen LogP contribution >= 0.6 is 0 Å². The van der Waals surface area contributed by atoms with Gasteiger partial charge in [0.2, 0.25) is 5.95 Å². The molecule has 0 N–H and O–H groups in total. The van der Waals surface area contributed by atoms with Crippen LogP contribution in [-0.4, -0.2) is 14.8 Å². The molecule has 2 aromatic rings. The third-order valence-electron chi connectivity index (χ3n) is 1.81. The van der Waals surface area contributed by atoms with Crippen LogP contribution in [0.25, 0.3) is 5.82 Å². The molecule has 16 heavy (non-hydrogen) atoms. The highest BCUT2D eigenvalue weighted by atomic mass is 19.4. The first-order valence-electron chi connectivity index (χ1n) is 4.22. The molecule has 0 radical (unpaired) electrons. The van der Waals surface area contributed by atoms with Crippen LogP contribution in [0.5, 0.6) is 0 Å². The van der Waals surface area contributed by atoms with Crippen LogP contribution in [0.3, 0.4) is 0 Å². The maximum atomic E-state index is 12.7. The summed E-state index contributed by atoms with van der Waals surface area (Å²) in [6.07, 6.45) is -3.44. The van der Waals surface area contributed by atoms with E-state index in [2.05, 4.69) is 10.1 Å². The lowest BCUT2D eigenvalue weighted by Gasteiger charge is -2.01. The van der Waals surface area contributed by atoms with Crippen molar-refractivity contribution in [2.24, 2.45) is 0 Å². The minimum absolute atomic E-state index is 0.00417. The Hall–Kier alpha value is -1.92. The van der Waals surface area contributed by atoms with E-state index in [0.29, 0.717) is 0 Å². The largest absolute Gasteiger partial charge is 0.435 e. The molecule has 0 saturated heterocycles.